The number of hydrogen-bond donors (Lipinski definition) is 0. The van der Waals surface area contributed by atoms with E-state index in [4.69, 9.17) is 0 Å². The van der Waals surface area contributed by atoms with Crippen molar-refractivity contribution in [2.24, 2.45) is 0 Å². The minimum atomic E-state index is -4.65. The molecule has 198 valence electrons. The molecule has 4 rings (SSSR count). The summed E-state index contributed by atoms with van der Waals surface area (Å²) in [6, 6.07) is 19.6. The Morgan fingerprint density at radius 1 is 0.553 bits per heavy atom. The Balaban J connectivity index is 1.55. The van der Waals surface area contributed by atoms with Crippen molar-refractivity contribution in [3.05, 3.63) is 83.9 Å². The molecule has 4 nitrogen and oxygen atoms in total. The second kappa shape index (κ2) is 10.00. The van der Waals surface area contributed by atoms with Crippen LogP contribution in [0.1, 0.15) is 34.6 Å². The highest BCUT2D eigenvalue weighted by Gasteiger charge is 2.40. The predicted molar refractivity (Wildman–Crippen MR) is 129 cm³/mol. The molecule has 0 aliphatic rings. The van der Waals surface area contributed by atoms with Gasteiger partial charge in [0.05, 0.1) is 11.1 Å². The minimum absolute atomic E-state index is 0.00832. The fourth-order valence-electron chi connectivity index (χ4n) is 3.70. The number of halogens is 6. The van der Waals surface area contributed by atoms with E-state index in [9.17, 15) is 35.9 Å². The Bertz CT molecular complexity index is 1410. The van der Waals surface area contributed by atoms with Gasteiger partial charge in [-0.3, -0.25) is 0 Å². The maximum Gasteiger partial charge on any atom is 0.425 e. The fraction of sp³-hybridized carbons (Fsp3) is 0.214. The van der Waals surface area contributed by atoms with Crippen molar-refractivity contribution >= 4 is 33.5 Å². The molecule has 0 N–H and O–H groups in total. The largest absolute Gasteiger partial charge is 0.449 e. The SMILES string of the molecule is C[C@H](OC(=O)c1ccc2cc(-c3ccc4cc(C(=O)O[C@H](C)C(F)(F)F)ccc4c3)ccc2c1)C(F)(F)F. The zero-order valence-electron chi connectivity index (χ0n) is 20.0. The zero-order valence-corrected chi connectivity index (χ0v) is 20.0. The lowest BCUT2D eigenvalue weighted by atomic mass is 9.97. The van der Waals surface area contributed by atoms with Crippen LogP contribution in [0.4, 0.5) is 26.3 Å². The van der Waals surface area contributed by atoms with Crippen molar-refractivity contribution in [1.82, 2.24) is 0 Å². The molecule has 0 radical (unpaired) electrons. The number of carbonyl (C=O) groups excluding carboxylic acids is 2. The van der Waals surface area contributed by atoms with Gasteiger partial charge in [-0.2, -0.15) is 26.3 Å². The molecular weight excluding hydrogens is 514 g/mol. The van der Waals surface area contributed by atoms with Crippen LogP contribution in [0, 0.1) is 0 Å². The van der Waals surface area contributed by atoms with E-state index in [1.807, 2.05) is 12.1 Å². The molecule has 0 amide bonds. The van der Waals surface area contributed by atoms with Crippen LogP contribution >= 0.6 is 0 Å². The molecule has 2 atom stereocenters. The van der Waals surface area contributed by atoms with Crippen molar-refractivity contribution in [3.8, 4) is 11.1 Å². The van der Waals surface area contributed by atoms with E-state index in [1.54, 1.807) is 36.4 Å². The Kier molecular flexibility index (Phi) is 7.10. The van der Waals surface area contributed by atoms with Gasteiger partial charge in [-0.15, -0.1) is 0 Å². The summed E-state index contributed by atoms with van der Waals surface area (Å²) >= 11 is 0. The highest BCUT2D eigenvalue weighted by molar-refractivity contribution is 5.98. The third kappa shape index (κ3) is 5.90. The average Bonchev–Trinajstić information content (AvgIpc) is 2.86. The third-order valence-corrected chi connectivity index (χ3v) is 5.97. The van der Waals surface area contributed by atoms with Crippen molar-refractivity contribution in [2.75, 3.05) is 0 Å². The molecule has 0 unspecified atom stereocenters. The number of esters is 2. The van der Waals surface area contributed by atoms with E-state index < -0.39 is 36.5 Å². The van der Waals surface area contributed by atoms with Gasteiger partial charge in [0.2, 0.25) is 0 Å². The van der Waals surface area contributed by atoms with Crippen LogP contribution in [0.3, 0.4) is 0 Å². The van der Waals surface area contributed by atoms with E-state index in [1.165, 1.54) is 24.3 Å². The van der Waals surface area contributed by atoms with Crippen LogP contribution in [0.2, 0.25) is 0 Å². The van der Waals surface area contributed by atoms with Crippen LogP contribution < -0.4 is 0 Å². The normalized spacial score (nSPS) is 13.8. The Morgan fingerprint density at radius 3 is 1.21 bits per heavy atom. The van der Waals surface area contributed by atoms with Crippen LogP contribution in [-0.4, -0.2) is 36.5 Å². The molecule has 0 saturated carbocycles. The lowest BCUT2D eigenvalue weighted by molar-refractivity contribution is -0.198. The highest BCUT2D eigenvalue weighted by Crippen LogP contribution is 2.30. The summed E-state index contributed by atoms with van der Waals surface area (Å²) in [7, 11) is 0. The van der Waals surface area contributed by atoms with E-state index in [-0.39, 0.29) is 11.1 Å². The average molecular weight is 534 g/mol. The number of carbonyl (C=O) groups is 2. The summed E-state index contributed by atoms with van der Waals surface area (Å²) in [6.07, 6.45) is -13.8. The molecule has 38 heavy (non-hydrogen) atoms. The van der Waals surface area contributed by atoms with Gasteiger partial charge in [0, 0.05) is 0 Å². The molecule has 0 spiro atoms. The summed E-state index contributed by atoms with van der Waals surface area (Å²) in [5, 5.41) is 2.72. The van der Waals surface area contributed by atoms with Crippen molar-refractivity contribution in [3.63, 3.8) is 0 Å². The van der Waals surface area contributed by atoms with Gasteiger partial charge >= 0.3 is 24.3 Å². The number of ether oxygens (including phenoxy) is 2. The zero-order chi connectivity index (χ0) is 27.8. The van der Waals surface area contributed by atoms with Crippen LogP contribution in [0.25, 0.3) is 32.7 Å². The van der Waals surface area contributed by atoms with Gasteiger partial charge in [0.25, 0.3) is 0 Å². The second-order valence-corrected chi connectivity index (χ2v) is 8.73. The van der Waals surface area contributed by atoms with Crippen molar-refractivity contribution < 1.29 is 45.4 Å². The molecule has 0 bridgehead atoms. The van der Waals surface area contributed by atoms with E-state index in [2.05, 4.69) is 9.47 Å². The summed E-state index contributed by atoms with van der Waals surface area (Å²) in [5.41, 5.74) is 1.60. The van der Waals surface area contributed by atoms with Crippen molar-refractivity contribution in [1.29, 1.82) is 0 Å². The van der Waals surface area contributed by atoms with E-state index in [0.717, 1.165) is 35.7 Å². The third-order valence-electron chi connectivity index (χ3n) is 5.97. The Morgan fingerprint density at radius 2 is 0.868 bits per heavy atom. The standard InChI is InChI=1S/C28H20F6O4/c1-15(27(29,30)31)37-25(35)23-9-7-19-11-17(3-5-21(19)13-23)18-4-6-22-14-24(10-8-20(22)12-18)26(36)38-16(2)28(32,33)34/h3-16H,1-2H3/t15-,16+. The van der Waals surface area contributed by atoms with Gasteiger partial charge in [0.15, 0.2) is 12.2 Å². The fourth-order valence-corrected chi connectivity index (χ4v) is 3.70. The monoisotopic (exact) mass is 534 g/mol. The van der Waals surface area contributed by atoms with Gasteiger partial charge in [-0.1, -0.05) is 36.4 Å². The maximum absolute atomic E-state index is 12.7. The molecular formula is C28H20F6O4. The first kappa shape index (κ1) is 27.0. The first-order chi connectivity index (χ1) is 17.7. The summed E-state index contributed by atoms with van der Waals surface area (Å²) in [6.45, 7) is 1.52. The topological polar surface area (TPSA) is 52.6 Å². The molecule has 0 fully saturated rings. The van der Waals surface area contributed by atoms with Gasteiger partial charge < -0.3 is 9.47 Å². The summed E-state index contributed by atoms with van der Waals surface area (Å²) in [4.78, 5) is 24.2. The summed E-state index contributed by atoms with van der Waals surface area (Å²) in [5.74, 6) is -2.15. The second-order valence-electron chi connectivity index (χ2n) is 8.73. The van der Waals surface area contributed by atoms with Gasteiger partial charge in [-0.05, 0) is 82.9 Å². The molecule has 4 aromatic rings. The minimum Gasteiger partial charge on any atom is -0.449 e. The lowest BCUT2D eigenvalue weighted by Gasteiger charge is -2.16. The van der Waals surface area contributed by atoms with E-state index >= 15 is 0 Å². The Labute approximate surface area is 212 Å². The highest BCUT2D eigenvalue weighted by atomic mass is 19.4. The van der Waals surface area contributed by atoms with Gasteiger partial charge in [-0.25, -0.2) is 9.59 Å². The van der Waals surface area contributed by atoms with Crippen LogP contribution in [0.15, 0.2) is 72.8 Å². The van der Waals surface area contributed by atoms with Crippen LogP contribution in [0.5, 0.6) is 0 Å². The first-order valence-electron chi connectivity index (χ1n) is 11.4. The van der Waals surface area contributed by atoms with E-state index in [0.29, 0.717) is 10.8 Å². The number of rotatable bonds is 5. The number of benzene rings is 4. The quantitative estimate of drug-likeness (QED) is 0.193. The molecule has 10 heteroatoms. The lowest BCUT2D eigenvalue weighted by Crippen LogP contribution is -2.30. The number of alkyl halides is 6. The molecule has 0 aliphatic heterocycles. The summed E-state index contributed by atoms with van der Waals surface area (Å²) < 4.78 is 85.1. The Hall–Kier alpha value is -4.08. The molecule has 0 saturated heterocycles. The smallest absolute Gasteiger partial charge is 0.425 e. The number of hydrogen-bond acceptors (Lipinski definition) is 4. The van der Waals surface area contributed by atoms with Crippen molar-refractivity contribution in [2.45, 2.75) is 38.4 Å². The molecule has 4 aromatic carbocycles. The molecule has 0 aromatic heterocycles. The van der Waals surface area contributed by atoms with Crippen LogP contribution in [-0.2, 0) is 9.47 Å². The molecule has 0 aliphatic carbocycles. The molecule has 0 heterocycles. The number of fused-ring (bicyclic) bond motifs is 2. The van der Waals surface area contributed by atoms with Gasteiger partial charge in [0.1, 0.15) is 0 Å². The maximum atomic E-state index is 12.7. The predicted octanol–water partition coefficient (Wildman–Crippen LogP) is 7.88. The first-order valence-corrected chi connectivity index (χ1v) is 11.4.